The second-order valence-corrected chi connectivity index (χ2v) is 7.69. The van der Waals surface area contributed by atoms with Crippen LogP contribution in [0.15, 0.2) is 29.2 Å². The number of hydrogen-bond acceptors (Lipinski definition) is 3. The van der Waals surface area contributed by atoms with Gasteiger partial charge in [-0.2, -0.15) is 4.31 Å². The first-order valence-corrected chi connectivity index (χ1v) is 9.73. The van der Waals surface area contributed by atoms with Crippen molar-refractivity contribution < 1.29 is 13.2 Å². The lowest BCUT2D eigenvalue weighted by molar-refractivity contribution is -0.130. The maximum atomic E-state index is 12.5. The number of carbonyl (C=O) groups is 1. The number of nitrogens with zero attached hydrogens (tertiary/aromatic N) is 2. The van der Waals surface area contributed by atoms with E-state index in [9.17, 15) is 13.2 Å². The van der Waals surface area contributed by atoms with E-state index in [2.05, 4.69) is 0 Å². The lowest BCUT2D eigenvalue weighted by Gasteiger charge is -2.23. The van der Waals surface area contributed by atoms with Crippen LogP contribution in [-0.4, -0.2) is 56.1 Å². The number of sulfonamides is 1. The molecule has 0 radical (unpaired) electrons. The number of carbonyl (C=O) groups excluding carboxylic acids is 1. The minimum absolute atomic E-state index is 0.155. The molecule has 5 nitrogen and oxygen atoms in total. The summed E-state index contributed by atoms with van der Waals surface area (Å²) in [5.41, 5.74) is 1.05. The summed E-state index contributed by atoms with van der Waals surface area (Å²) in [5, 5.41) is 0. The predicted octanol–water partition coefficient (Wildman–Crippen LogP) is 2.35. The molecule has 0 N–H and O–H groups in total. The molecule has 1 aromatic carbocycles. The summed E-state index contributed by atoms with van der Waals surface area (Å²) in [6, 6.07) is 6.74. The first-order valence-electron chi connectivity index (χ1n) is 7.75. The van der Waals surface area contributed by atoms with Gasteiger partial charge in [0, 0.05) is 26.0 Å². The van der Waals surface area contributed by atoms with Crippen LogP contribution < -0.4 is 0 Å². The predicted molar refractivity (Wildman–Crippen MR) is 93.2 cm³/mol. The van der Waals surface area contributed by atoms with Gasteiger partial charge in [0.05, 0.1) is 11.4 Å². The van der Waals surface area contributed by atoms with Gasteiger partial charge in [-0.15, -0.1) is 11.6 Å². The number of alkyl halides is 1. The van der Waals surface area contributed by atoms with Crippen LogP contribution in [-0.2, 0) is 21.2 Å². The van der Waals surface area contributed by atoms with Crippen molar-refractivity contribution in [3.63, 3.8) is 0 Å². The van der Waals surface area contributed by atoms with Crippen LogP contribution in [0.5, 0.6) is 0 Å². The standard InChI is InChI=1S/C16H25ClN2O3S/c1-4-19(5-2)16(20)13-18(3)23(21,22)15-10-8-14(9-11-15)7-6-12-17/h8-11H,4-7,12-13H2,1-3H3. The number of aryl methyl sites for hydroxylation is 1. The summed E-state index contributed by atoms with van der Waals surface area (Å²) < 4.78 is 26.2. The van der Waals surface area contributed by atoms with Gasteiger partial charge in [-0.25, -0.2) is 8.42 Å². The van der Waals surface area contributed by atoms with Crippen LogP contribution >= 0.6 is 11.6 Å². The molecule has 23 heavy (non-hydrogen) atoms. The molecular formula is C16H25ClN2O3S. The number of halogens is 1. The Kier molecular flexibility index (Phi) is 8.02. The van der Waals surface area contributed by atoms with Crippen molar-refractivity contribution in [2.24, 2.45) is 0 Å². The van der Waals surface area contributed by atoms with E-state index < -0.39 is 10.0 Å². The molecule has 0 aliphatic carbocycles. The summed E-state index contributed by atoms with van der Waals surface area (Å²) >= 11 is 5.66. The minimum atomic E-state index is -3.66. The summed E-state index contributed by atoms with van der Waals surface area (Å²) in [6.45, 7) is 4.72. The summed E-state index contributed by atoms with van der Waals surface area (Å²) in [5.74, 6) is 0.385. The zero-order valence-electron chi connectivity index (χ0n) is 14.0. The monoisotopic (exact) mass is 360 g/mol. The lowest BCUT2D eigenvalue weighted by Crippen LogP contribution is -2.40. The molecule has 1 amide bonds. The number of likely N-dealkylation sites (N-methyl/N-ethyl adjacent to an activating group) is 2. The summed E-state index contributed by atoms with van der Waals surface area (Å²) in [6.07, 6.45) is 1.67. The molecule has 0 saturated heterocycles. The zero-order valence-corrected chi connectivity index (χ0v) is 15.5. The molecule has 0 spiro atoms. The van der Waals surface area contributed by atoms with Crippen molar-refractivity contribution in [2.75, 3.05) is 32.6 Å². The van der Waals surface area contributed by atoms with Gasteiger partial charge in [-0.1, -0.05) is 12.1 Å². The van der Waals surface area contributed by atoms with Crippen LogP contribution in [0.3, 0.4) is 0 Å². The van der Waals surface area contributed by atoms with E-state index in [4.69, 9.17) is 11.6 Å². The van der Waals surface area contributed by atoms with Crippen molar-refractivity contribution in [1.29, 1.82) is 0 Å². The topological polar surface area (TPSA) is 57.7 Å². The largest absolute Gasteiger partial charge is 0.342 e. The Morgan fingerprint density at radius 1 is 1.13 bits per heavy atom. The molecule has 0 unspecified atom stereocenters. The van der Waals surface area contributed by atoms with Gasteiger partial charge in [-0.3, -0.25) is 4.79 Å². The fraction of sp³-hybridized carbons (Fsp3) is 0.562. The van der Waals surface area contributed by atoms with Gasteiger partial charge in [0.25, 0.3) is 0 Å². The molecule has 1 rings (SSSR count). The van der Waals surface area contributed by atoms with Crippen LogP contribution in [0, 0.1) is 0 Å². The van der Waals surface area contributed by atoms with Gasteiger partial charge in [0.1, 0.15) is 0 Å². The van der Waals surface area contributed by atoms with Crippen molar-refractivity contribution >= 4 is 27.5 Å². The first-order chi connectivity index (χ1) is 10.9. The smallest absolute Gasteiger partial charge is 0.243 e. The molecule has 0 aliphatic rings. The van der Waals surface area contributed by atoms with Crippen molar-refractivity contribution in [3.05, 3.63) is 29.8 Å². The molecule has 0 saturated carbocycles. The Hall–Kier alpha value is -1.11. The van der Waals surface area contributed by atoms with Gasteiger partial charge in [-0.05, 0) is 44.4 Å². The molecule has 130 valence electrons. The first kappa shape index (κ1) is 19.9. The van der Waals surface area contributed by atoms with E-state index in [0.29, 0.717) is 19.0 Å². The number of benzene rings is 1. The average molecular weight is 361 g/mol. The van der Waals surface area contributed by atoms with E-state index in [1.807, 2.05) is 13.8 Å². The third-order valence-electron chi connectivity index (χ3n) is 3.70. The Balaban J connectivity index is 2.82. The Morgan fingerprint density at radius 2 is 1.70 bits per heavy atom. The lowest BCUT2D eigenvalue weighted by atomic mass is 10.1. The third-order valence-corrected chi connectivity index (χ3v) is 5.79. The van der Waals surface area contributed by atoms with Crippen LogP contribution in [0.25, 0.3) is 0 Å². The molecule has 1 aromatic rings. The highest BCUT2D eigenvalue weighted by molar-refractivity contribution is 7.89. The molecule has 0 bridgehead atoms. The molecule has 0 heterocycles. The van der Waals surface area contributed by atoms with Gasteiger partial charge in [0.2, 0.25) is 15.9 Å². The number of amides is 1. The molecule has 0 aliphatic heterocycles. The van der Waals surface area contributed by atoms with E-state index in [1.54, 1.807) is 29.2 Å². The second kappa shape index (κ2) is 9.25. The highest BCUT2D eigenvalue weighted by Gasteiger charge is 2.24. The van der Waals surface area contributed by atoms with Crippen molar-refractivity contribution in [1.82, 2.24) is 9.21 Å². The van der Waals surface area contributed by atoms with Crippen LogP contribution in [0.1, 0.15) is 25.8 Å². The average Bonchev–Trinajstić information content (AvgIpc) is 2.54. The van der Waals surface area contributed by atoms with Gasteiger partial charge in [0.15, 0.2) is 0 Å². The molecule has 7 heteroatoms. The van der Waals surface area contributed by atoms with Crippen LogP contribution in [0.4, 0.5) is 0 Å². The van der Waals surface area contributed by atoms with E-state index in [-0.39, 0.29) is 17.3 Å². The van der Waals surface area contributed by atoms with E-state index in [0.717, 1.165) is 22.7 Å². The maximum Gasteiger partial charge on any atom is 0.243 e. The molecule has 0 fully saturated rings. The second-order valence-electron chi connectivity index (χ2n) is 5.26. The SMILES string of the molecule is CCN(CC)C(=O)CN(C)S(=O)(=O)c1ccc(CCCCl)cc1. The highest BCUT2D eigenvalue weighted by atomic mass is 35.5. The maximum absolute atomic E-state index is 12.5. The normalized spacial score (nSPS) is 11.7. The fourth-order valence-corrected chi connectivity index (χ4v) is 3.48. The molecule has 0 atom stereocenters. The van der Waals surface area contributed by atoms with Crippen molar-refractivity contribution in [2.45, 2.75) is 31.6 Å². The van der Waals surface area contributed by atoms with E-state index >= 15 is 0 Å². The molecule has 0 aromatic heterocycles. The number of hydrogen-bond donors (Lipinski definition) is 0. The molecular weight excluding hydrogens is 336 g/mol. The summed E-state index contributed by atoms with van der Waals surface area (Å²) in [7, 11) is -2.23. The van der Waals surface area contributed by atoms with E-state index in [1.165, 1.54) is 7.05 Å². The Bertz CT molecular complexity index is 598. The third kappa shape index (κ3) is 5.48. The summed E-state index contributed by atoms with van der Waals surface area (Å²) in [4.78, 5) is 13.9. The Morgan fingerprint density at radius 3 is 2.17 bits per heavy atom. The van der Waals surface area contributed by atoms with Gasteiger partial charge < -0.3 is 4.90 Å². The van der Waals surface area contributed by atoms with Crippen LogP contribution in [0.2, 0.25) is 0 Å². The quantitative estimate of drug-likeness (QED) is 0.635. The fourth-order valence-electron chi connectivity index (χ4n) is 2.23. The minimum Gasteiger partial charge on any atom is -0.342 e. The number of rotatable bonds is 9. The van der Waals surface area contributed by atoms with Crippen molar-refractivity contribution in [3.8, 4) is 0 Å². The highest BCUT2D eigenvalue weighted by Crippen LogP contribution is 2.16. The Labute approximate surface area is 144 Å². The van der Waals surface area contributed by atoms with Gasteiger partial charge >= 0.3 is 0 Å². The zero-order chi connectivity index (χ0) is 17.5.